The number of rotatable bonds is 10. The topological polar surface area (TPSA) is 120 Å². The average Bonchev–Trinajstić information content (AvgIpc) is 3.34. The van der Waals surface area contributed by atoms with E-state index in [4.69, 9.17) is 20.3 Å². The van der Waals surface area contributed by atoms with Crippen molar-refractivity contribution in [3.63, 3.8) is 0 Å². The summed E-state index contributed by atoms with van der Waals surface area (Å²) in [6.45, 7) is 9.14. The minimum Gasteiger partial charge on any atom is -0.492 e. The monoisotopic (exact) mass is 529 g/mol. The molecule has 1 aliphatic heterocycles. The molecule has 1 saturated heterocycles. The summed E-state index contributed by atoms with van der Waals surface area (Å²) in [6, 6.07) is 15.4. The van der Waals surface area contributed by atoms with Gasteiger partial charge in [0.1, 0.15) is 30.2 Å². The van der Waals surface area contributed by atoms with E-state index >= 15 is 0 Å². The summed E-state index contributed by atoms with van der Waals surface area (Å²) >= 11 is 0. The first kappa shape index (κ1) is 26.6. The van der Waals surface area contributed by atoms with Crippen molar-refractivity contribution >= 4 is 28.4 Å². The number of nitrogens with one attached hydrogen (secondary N) is 1. The van der Waals surface area contributed by atoms with Crippen molar-refractivity contribution in [2.45, 2.75) is 26.7 Å². The van der Waals surface area contributed by atoms with Crippen molar-refractivity contribution in [1.82, 2.24) is 24.6 Å². The quantitative estimate of drug-likeness (QED) is 0.314. The third-order valence-electron chi connectivity index (χ3n) is 6.75. The van der Waals surface area contributed by atoms with Gasteiger partial charge < -0.3 is 20.5 Å². The predicted molar refractivity (Wildman–Crippen MR) is 152 cm³/mol. The van der Waals surface area contributed by atoms with Gasteiger partial charge in [0, 0.05) is 37.3 Å². The van der Waals surface area contributed by atoms with Crippen molar-refractivity contribution in [3.8, 4) is 22.7 Å². The maximum atomic E-state index is 12.2. The first-order valence-electron chi connectivity index (χ1n) is 13.4. The molecule has 1 amide bonds. The van der Waals surface area contributed by atoms with Gasteiger partial charge in [0.05, 0.1) is 24.3 Å². The number of fused-ring (bicyclic) bond motifs is 1. The molecule has 2 aromatic heterocycles. The molecule has 4 aromatic rings. The van der Waals surface area contributed by atoms with Gasteiger partial charge in [0.25, 0.3) is 0 Å². The number of hydrogen-bond acceptors (Lipinski definition) is 8. The molecule has 2 aromatic carbocycles. The van der Waals surface area contributed by atoms with Gasteiger partial charge in [-0.25, -0.2) is 14.6 Å². The predicted octanol–water partition coefficient (Wildman–Crippen LogP) is 4.15. The molecule has 10 nitrogen and oxygen atoms in total. The molecule has 0 radical (unpaired) electrons. The van der Waals surface area contributed by atoms with Crippen LogP contribution in [0.1, 0.15) is 26.7 Å². The zero-order valence-electron chi connectivity index (χ0n) is 22.5. The number of morpholine rings is 1. The standard InChI is InChI=1S/C29H35N7O3/c1-20(2)3-12-25(37)33-22-6-8-23(9-7-22)36-29-26(28(30)31-19-32-29)27(34-36)21-4-10-24(11-5-21)39-18-15-35-13-16-38-17-14-35/h4-11,19-20H,3,12-18H2,1-2H3,(H,33,37)(H2,30,31,32). The van der Waals surface area contributed by atoms with Crippen molar-refractivity contribution < 1.29 is 14.3 Å². The Morgan fingerprint density at radius 1 is 1.08 bits per heavy atom. The van der Waals surface area contributed by atoms with Gasteiger partial charge in [0.2, 0.25) is 5.91 Å². The molecule has 10 heteroatoms. The Bertz CT molecular complexity index is 1400. The summed E-state index contributed by atoms with van der Waals surface area (Å²) in [5.41, 5.74) is 10.0. The van der Waals surface area contributed by atoms with E-state index in [1.54, 1.807) is 4.68 Å². The maximum absolute atomic E-state index is 12.2. The van der Waals surface area contributed by atoms with Crippen LogP contribution in [-0.4, -0.2) is 70.0 Å². The highest BCUT2D eigenvalue weighted by Gasteiger charge is 2.18. The minimum absolute atomic E-state index is 0.0114. The molecule has 0 spiro atoms. The van der Waals surface area contributed by atoms with Crippen LogP contribution in [-0.2, 0) is 9.53 Å². The molecule has 1 fully saturated rings. The Morgan fingerprint density at radius 3 is 2.54 bits per heavy atom. The van der Waals surface area contributed by atoms with E-state index in [2.05, 4.69) is 34.0 Å². The summed E-state index contributed by atoms with van der Waals surface area (Å²) in [5.74, 6) is 1.66. The van der Waals surface area contributed by atoms with Crippen LogP contribution >= 0.6 is 0 Å². The number of nitrogens with zero attached hydrogens (tertiary/aromatic N) is 5. The highest BCUT2D eigenvalue weighted by molar-refractivity contribution is 5.99. The lowest BCUT2D eigenvalue weighted by Gasteiger charge is -2.26. The Balaban J connectivity index is 1.33. The normalized spacial score (nSPS) is 14.1. The molecule has 3 heterocycles. The number of nitrogens with two attached hydrogens (primary N) is 1. The van der Waals surface area contributed by atoms with Crippen LogP contribution in [0.15, 0.2) is 54.9 Å². The number of amides is 1. The molecule has 5 rings (SSSR count). The first-order valence-corrected chi connectivity index (χ1v) is 13.4. The summed E-state index contributed by atoms with van der Waals surface area (Å²) in [4.78, 5) is 23.3. The third kappa shape index (κ3) is 6.52. The number of carbonyl (C=O) groups excluding carboxylic acids is 1. The molecule has 1 aliphatic rings. The van der Waals surface area contributed by atoms with Crippen LogP contribution in [0.4, 0.5) is 11.5 Å². The number of nitrogen functional groups attached to an aromatic ring is 1. The van der Waals surface area contributed by atoms with Crippen molar-refractivity contribution in [1.29, 1.82) is 0 Å². The van der Waals surface area contributed by atoms with Gasteiger partial charge in [-0.05, 0) is 60.9 Å². The van der Waals surface area contributed by atoms with Crippen LogP contribution in [0.25, 0.3) is 28.0 Å². The molecule has 0 bridgehead atoms. The largest absolute Gasteiger partial charge is 0.492 e. The Labute approximate surface area is 228 Å². The summed E-state index contributed by atoms with van der Waals surface area (Å²) in [5, 5.41) is 8.51. The Hall–Kier alpha value is -4.02. The van der Waals surface area contributed by atoms with Crippen molar-refractivity contribution in [3.05, 3.63) is 54.9 Å². The number of aromatic nitrogens is 4. The SMILES string of the molecule is CC(C)CCC(=O)Nc1ccc(-n2nc(-c3ccc(OCCN4CCOCC4)cc3)c3c(N)ncnc32)cc1. The molecule has 39 heavy (non-hydrogen) atoms. The molecule has 204 valence electrons. The van der Waals surface area contributed by atoms with E-state index in [0.717, 1.165) is 62.0 Å². The fraction of sp³-hybridized carbons (Fsp3) is 0.379. The molecule has 0 atom stereocenters. The van der Waals surface area contributed by atoms with Crippen molar-refractivity contribution in [2.75, 3.05) is 50.5 Å². The van der Waals surface area contributed by atoms with Crippen LogP contribution < -0.4 is 15.8 Å². The average molecular weight is 530 g/mol. The molecule has 0 unspecified atom stereocenters. The highest BCUT2D eigenvalue weighted by Crippen LogP contribution is 2.32. The van der Waals surface area contributed by atoms with Gasteiger partial charge in [0.15, 0.2) is 5.65 Å². The number of ether oxygens (including phenoxy) is 2. The lowest BCUT2D eigenvalue weighted by molar-refractivity contribution is -0.116. The van der Waals surface area contributed by atoms with Crippen LogP contribution in [0.3, 0.4) is 0 Å². The summed E-state index contributed by atoms with van der Waals surface area (Å²) in [7, 11) is 0. The zero-order chi connectivity index (χ0) is 27.2. The van der Waals surface area contributed by atoms with E-state index in [9.17, 15) is 4.79 Å². The number of benzene rings is 2. The molecule has 0 saturated carbocycles. The fourth-order valence-electron chi connectivity index (χ4n) is 4.51. The number of carbonyl (C=O) groups is 1. The Morgan fingerprint density at radius 2 is 1.82 bits per heavy atom. The van der Waals surface area contributed by atoms with Crippen molar-refractivity contribution in [2.24, 2.45) is 5.92 Å². The smallest absolute Gasteiger partial charge is 0.224 e. The minimum atomic E-state index is 0.0114. The summed E-state index contributed by atoms with van der Waals surface area (Å²) in [6.07, 6.45) is 2.80. The van der Waals surface area contributed by atoms with Gasteiger partial charge in [-0.2, -0.15) is 5.10 Å². The molecule has 3 N–H and O–H groups in total. The van der Waals surface area contributed by atoms with E-state index in [1.807, 2.05) is 48.5 Å². The Kier molecular flexibility index (Phi) is 8.33. The van der Waals surface area contributed by atoms with E-state index in [0.29, 0.717) is 41.5 Å². The number of hydrogen-bond donors (Lipinski definition) is 2. The maximum Gasteiger partial charge on any atom is 0.224 e. The van der Waals surface area contributed by atoms with E-state index in [1.165, 1.54) is 6.33 Å². The zero-order valence-corrected chi connectivity index (χ0v) is 22.5. The lowest BCUT2D eigenvalue weighted by Crippen LogP contribution is -2.38. The van der Waals surface area contributed by atoms with E-state index < -0.39 is 0 Å². The molecular formula is C29H35N7O3. The third-order valence-corrected chi connectivity index (χ3v) is 6.75. The van der Waals surface area contributed by atoms with E-state index in [-0.39, 0.29) is 5.91 Å². The van der Waals surface area contributed by atoms with Gasteiger partial charge in [-0.3, -0.25) is 9.69 Å². The van der Waals surface area contributed by atoms with Crippen LogP contribution in [0.5, 0.6) is 5.75 Å². The second-order valence-electron chi connectivity index (χ2n) is 10.1. The van der Waals surface area contributed by atoms with Crippen LogP contribution in [0, 0.1) is 5.92 Å². The van der Waals surface area contributed by atoms with Gasteiger partial charge in [-0.15, -0.1) is 0 Å². The summed E-state index contributed by atoms with van der Waals surface area (Å²) < 4.78 is 13.1. The second kappa shape index (κ2) is 12.2. The number of anilines is 2. The first-order chi connectivity index (χ1) is 19.0. The van der Waals surface area contributed by atoms with Crippen LogP contribution in [0.2, 0.25) is 0 Å². The van der Waals surface area contributed by atoms with Gasteiger partial charge >= 0.3 is 0 Å². The molecule has 0 aliphatic carbocycles. The lowest BCUT2D eigenvalue weighted by atomic mass is 10.1. The molecular weight excluding hydrogens is 494 g/mol. The fourth-order valence-corrected chi connectivity index (χ4v) is 4.51. The highest BCUT2D eigenvalue weighted by atomic mass is 16.5. The van der Waals surface area contributed by atoms with Gasteiger partial charge in [-0.1, -0.05) is 13.8 Å². The second-order valence-corrected chi connectivity index (χ2v) is 10.1.